The zero-order valence-electron chi connectivity index (χ0n) is 12.7. The Kier molecular flexibility index (Phi) is 4.97. The second-order valence-electron chi connectivity index (χ2n) is 4.99. The average molecular weight is 374 g/mol. The number of pyridine rings is 1. The summed E-state index contributed by atoms with van der Waals surface area (Å²) in [5.41, 5.74) is 1.82. The maximum Gasteiger partial charge on any atom is 0.409 e. The highest BCUT2D eigenvalue weighted by Gasteiger charge is 2.13. The Bertz CT molecular complexity index is 911. The van der Waals surface area contributed by atoms with E-state index in [4.69, 9.17) is 16.7 Å². The van der Waals surface area contributed by atoms with E-state index in [9.17, 15) is 9.59 Å². The zero-order valence-corrected chi connectivity index (χ0v) is 14.3. The maximum atomic E-state index is 12.4. The van der Waals surface area contributed by atoms with Crippen molar-refractivity contribution in [2.24, 2.45) is 0 Å². The van der Waals surface area contributed by atoms with Crippen molar-refractivity contribution in [2.45, 2.75) is 0 Å². The first kappa shape index (κ1) is 16.9. The highest BCUT2D eigenvalue weighted by atomic mass is 35.5. The summed E-state index contributed by atoms with van der Waals surface area (Å²) in [6.07, 6.45) is 0.137. The number of hydrogen-bond acceptors (Lipinski definition) is 4. The number of carbonyl (C=O) groups excluding carboxylic acids is 1. The average Bonchev–Trinajstić information content (AvgIpc) is 3.11. The predicted octanol–water partition coefficient (Wildman–Crippen LogP) is 4.81. The van der Waals surface area contributed by atoms with Gasteiger partial charge in [-0.25, -0.2) is 9.78 Å². The van der Waals surface area contributed by atoms with Crippen LogP contribution in [0.25, 0.3) is 10.4 Å². The van der Waals surface area contributed by atoms with E-state index in [-0.39, 0.29) is 10.8 Å². The predicted molar refractivity (Wildman–Crippen MR) is 98.6 cm³/mol. The van der Waals surface area contributed by atoms with Gasteiger partial charge in [-0.2, -0.15) is 0 Å². The van der Waals surface area contributed by atoms with Crippen LogP contribution in [0.15, 0.2) is 54.0 Å². The zero-order chi connectivity index (χ0) is 17.8. The molecule has 0 aliphatic heterocycles. The highest BCUT2D eigenvalue weighted by molar-refractivity contribution is 7.13. The molecule has 3 rings (SSSR count). The monoisotopic (exact) mass is 373 g/mol. The van der Waals surface area contributed by atoms with Crippen LogP contribution in [0.4, 0.5) is 16.2 Å². The molecule has 8 heteroatoms. The van der Waals surface area contributed by atoms with Crippen LogP contribution in [-0.2, 0) is 0 Å². The van der Waals surface area contributed by atoms with Gasteiger partial charge in [0.25, 0.3) is 5.91 Å². The van der Waals surface area contributed by atoms with Gasteiger partial charge >= 0.3 is 6.09 Å². The molecular weight excluding hydrogens is 362 g/mol. The molecule has 2 amide bonds. The fourth-order valence-electron chi connectivity index (χ4n) is 2.17. The van der Waals surface area contributed by atoms with Gasteiger partial charge in [-0.05, 0) is 41.3 Å². The van der Waals surface area contributed by atoms with Crippen molar-refractivity contribution in [3.05, 3.63) is 64.8 Å². The summed E-state index contributed by atoms with van der Waals surface area (Å²) >= 11 is 7.27. The normalized spacial score (nSPS) is 10.3. The van der Waals surface area contributed by atoms with Gasteiger partial charge in [-0.1, -0.05) is 23.7 Å². The third-order valence-electron chi connectivity index (χ3n) is 3.30. The van der Waals surface area contributed by atoms with Crippen LogP contribution >= 0.6 is 22.9 Å². The Balaban J connectivity index is 1.93. The van der Waals surface area contributed by atoms with Gasteiger partial charge in [0.2, 0.25) is 0 Å². The third kappa shape index (κ3) is 4.14. The molecule has 0 aliphatic rings. The van der Waals surface area contributed by atoms with E-state index in [1.165, 1.54) is 18.3 Å². The van der Waals surface area contributed by atoms with Crippen LogP contribution in [0, 0.1) is 0 Å². The lowest BCUT2D eigenvalue weighted by Gasteiger charge is -2.12. The molecule has 1 aromatic carbocycles. The van der Waals surface area contributed by atoms with Crippen LogP contribution < -0.4 is 10.6 Å². The number of nitrogens with one attached hydrogen (secondary N) is 2. The molecule has 0 saturated carbocycles. The van der Waals surface area contributed by atoms with E-state index in [0.717, 1.165) is 10.4 Å². The number of hydrogen-bond donors (Lipinski definition) is 3. The molecule has 0 atom stereocenters. The standard InChI is InChI=1S/C17H12ClN3O3S/c18-15-6-4-11(9-19-15)16(22)20-13-8-10(14-2-1-7-25-14)3-5-12(13)21-17(23)24/h1-9,21H,(H,20,22)(H,23,24). The number of thiophene rings is 1. The van der Waals surface area contributed by atoms with Crippen molar-refractivity contribution in [3.8, 4) is 10.4 Å². The fraction of sp³-hybridized carbons (Fsp3) is 0. The molecule has 0 fully saturated rings. The minimum Gasteiger partial charge on any atom is -0.465 e. The van der Waals surface area contributed by atoms with Gasteiger partial charge in [-0.3, -0.25) is 10.1 Å². The number of benzene rings is 1. The molecule has 3 N–H and O–H groups in total. The fourth-order valence-corrected chi connectivity index (χ4v) is 3.01. The molecule has 25 heavy (non-hydrogen) atoms. The maximum absolute atomic E-state index is 12.4. The number of aromatic nitrogens is 1. The quantitative estimate of drug-likeness (QED) is 0.572. The van der Waals surface area contributed by atoms with Crippen molar-refractivity contribution < 1.29 is 14.7 Å². The molecule has 0 bridgehead atoms. The number of carboxylic acid groups (broad SMARTS) is 1. The van der Waals surface area contributed by atoms with Crippen LogP contribution in [-0.4, -0.2) is 22.1 Å². The molecular formula is C17H12ClN3O3S. The van der Waals surface area contributed by atoms with Gasteiger partial charge in [0.15, 0.2) is 0 Å². The van der Waals surface area contributed by atoms with Crippen LogP contribution in [0.5, 0.6) is 0 Å². The van der Waals surface area contributed by atoms with E-state index < -0.39 is 12.0 Å². The molecule has 0 radical (unpaired) electrons. The van der Waals surface area contributed by atoms with Gasteiger partial charge in [-0.15, -0.1) is 11.3 Å². The first-order valence-corrected chi connectivity index (χ1v) is 8.39. The van der Waals surface area contributed by atoms with Crippen molar-refractivity contribution in [1.29, 1.82) is 0 Å². The van der Waals surface area contributed by atoms with Crippen molar-refractivity contribution in [3.63, 3.8) is 0 Å². The highest BCUT2D eigenvalue weighted by Crippen LogP contribution is 2.32. The molecule has 0 saturated heterocycles. The van der Waals surface area contributed by atoms with Gasteiger partial charge in [0.1, 0.15) is 5.15 Å². The molecule has 2 heterocycles. The Labute approximate surface area is 152 Å². The number of amides is 2. The van der Waals surface area contributed by atoms with Crippen LogP contribution in [0.2, 0.25) is 5.15 Å². The topological polar surface area (TPSA) is 91.3 Å². The van der Waals surface area contributed by atoms with E-state index in [0.29, 0.717) is 11.3 Å². The summed E-state index contributed by atoms with van der Waals surface area (Å²) < 4.78 is 0. The summed E-state index contributed by atoms with van der Waals surface area (Å²) in [5, 5.41) is 16.2. The molecule has 6 nitrogen and oxygen atoms in total. The Morgan fingerprint density at radius 2 is 1.92 bits per heavy atom. The van der Waals surface area contributed by atoms with Crippen molar-refractivity contribution in [2.75, 3.05) is 10.6 Å². The van der Waals surface area contributed by atoms with Crippen molar-refractivity contribution in [1.82, 2.24) is 4.98 Å². The molecule has 0 unspecified atom stereocenters. The van der Waals surface area contributed by atoms with E-state index in [1.807, 2.05) is 17.5 Å². The number of carbonyl (C=O) groups is 2. The molecule has 3 aromatic rings. The minimum absolute atomic E-state index is 0.281. The first-order chi connectivity index (χ1) is 12.0. The van der Waals surface area contributed by atoms with Crippen LogP contribution in [0.3, 0.4) is 0 Å². The van der Waals surface area contributed by atoms with Gasteiger partial charge in [0, 0.05) is 11.1 Å². The lowest BCUT2D eigenvalue weighted by Crippen LogP contribution is -2.15. The lowest BCUT2D eigenvalue weighted by molar-refractivity contribution is 0.102. The number of halogens is 1. The van der Waals surface area contributed by atoms with E-state index in [2.05, 4.69) is 15.6 Å². The second kappa shape index (κ2) is 7.33. The Morgan fingerprint density at radius 1 is 1.08 bits per heavy atom. The summed E-state index contributed by atoms with van der Waals surface area (Å²) in [6.45, 7) is 0. The number of nitrogens with zero attached hydrogens (tertiary/aromatic N) is 1. The third-order valence-corrected chi connectivity index (χ3v) is 4.45. The first-order valence-electron chi connectivity index (χ1n) is 7.14. The smallest absolute Gasteiger partial charge is 0.409 e. The molecule has 0 spiro atoms. The van der Waals surface area contributed by atoms with Gasteiger partial charge in [0.05, 0.1) is 16.9 Å². The summed E-state index contributed by atoms with van der Waals surface area (Å²) in [4.78, 5) is 28.2. The summed E-state index contributed by atoms with van der Waals surface area (Å²) in [7, 11) is 0. The Morgan fingerprint density at radius 3 is 2.56 bits per heavy atom. The largest absolute Gasteiger partial charge is 0.465 e. The van der Waals surface area contributed by atoms with Crippen LogP contribution in [0.1, 0.15) is 10.4 Å². The molecule has 126 valence electrons. The van der Waals surface area contributed by atoms with Gasteiger partial charge < -0.3 is 10.4 Å². The SMILES string of the molecule is O=C(O)Nc1ccc(-c2cccs2)cc1NC(=O)c1ccc(Cl)nc1. The molecule has 0 aliphatic carbocycles. The minimum atomic E-state index is -1.22. The van der Waals surface area contributed by atoms with Crippen molar-refractivity contribution >= 4 is 46.3 Å². The summed E-state index contributed by atoms with van der Waals surface area (Å²) in [6, 6.07) is 12.0. The number of anilines is 2. The molecule has 2 aromatic heterocycles. The van der Waals surface area contributed by atoms with E-state index in [1.54, 1.807) is 29.5 Å². The summed E-state index contributed by atoms with van der Waals surface area (Å²) in [5.74, 6) is -0.416. The lowest BCUT2D eigenvalue weighted by atomic mass is 10.1. The second-order valence-corrected chi connectivity index (χ2v) is 6.33. The number of rotatable bonds is 4. The van der Waals surface area contributed by atoms with E-state index >= 15 is 0 Å². The Hall–Kier alpha value is -2.90.